The molecule has 0 saturated carbocycles. The van der Waals surface area contributed by atoms with Crippen LogP contribution in [0, 0.1) is 0 Å². The van der Waals surface area contributed by atoms with Gasteiger partial charge in [0, 0.05) is 6.54 Å². The molecule has 1 N–H and O–H groups in total. The maximum Gasteiger partial charge on any atom is 0.316 e. The Kier molecular flexibility index (Phi) is 6.62. The Bertz CT molecular complexity index is 848. The summed E-state index contributed by atoms with van der Waals surface area (Å²) in [5.41, 5.74) is 2.07. The lowest BCUT2D eigenvalue weighted by molar-refractivity contribution is -0.145. The molecule has 5 nitrogen and oxygen atoms in total. The van der Waals surface area contributed by atoms with Crippen LogP contribution in [0.3, 0.4) is 0 Å². The minimum Gasteiger partial charge on any atom is -0.455 e. The van der Waals surface area contributed by atoms with Crippen molar-refractivity contribution < 1.29 is 14.3 Å². The highest BCUT2D eigenvalue weighted by molar-refractivity contribution is 8.01. The number of hydrogen-bond acceptors (Lipinski definition) is 6. The highest BCUT2D eigenvalue weighted by atomic mass is 32.2. The lowest BCUT2D eigenvalue weighted by Crippen LogP contribution is -2.30. The van der Waals surface area contributed by atoms with E-state index in [9.17, 15) is 9.59 Å². The summed E-state index contributed by atoms with van der Waals surface area (Å²) >= 11 is 2.86. The van der Waals surface area contributed by atoms with Gasteiger partial charge in [-0.1, -0.05) is 54.2 Å². The van der Waals surface area contributed by atoms with Crippen molar-refractivity contribution in [3.8, 4) is 0 Å². The third-order valence-corrected chi connectivity index (χ3v) is 5.68. The van der Waals surface area contributed by atoms with Gasteiger partial charge in [0.05, 0.1) is 16.0 Å². The number of aromatic nitrogens is 1. The maximum atomic E-state index is 11.8. The summed E-state index contributed by atoms with van der Waals surface area (Å²) in [7, 11) is 0. The largest absolute Gasteiger partial charge is 0.455 e. The summed E-state index contributed by atoms with van der Waals surface area (Å²) in [6.45, 7) is 0.259. The number of para-hydroxylation sites is 1. The lowest BCUT2D eigenvalue weighted by atomic mass is 10.1. The van der Waals surface area contributed by atoms with E-state index in [0.29, 0.717) is 6.54 Å². The van der Waals surface area contributed by atoms with E-state index in [1.165, 1.54) is 23.1 Å². The molecular weight excluding hydrogens is 368 g/mol. The third kappa shape index (κ3) is 5.57. The summed E-state index contributed by atoms with van der Waals surface area (Å²) in [5, 5.41) is 2.74. The number of benzene rings is 2. The van der Waals surface area contributed by atoms with Crippen LogP contribution in [-0.2, 0) is 20.7 Å². The molecule has 1 aromatic heterocycles. The second kappa shape index (κ2) is 9.35. The van der Waals surface area contributed by atoms with Crippen molar-refractivity contribution in [2.24, 2.45) is 0 Å². The molecule has 3 aromatic rings. The van der Waals surface area contributed by atoms with Gasteiger partial charge >= 0.3 is 5.97 Å². The van der Waals surface area contributed by atoms with Crippen LogP contribution in [0.4, 0.5) is 0 Å². The van der Waals surface area contributed by atoms with Gasteiger partial charge in [-0.3, -0.25) is 9.59 Å². The van der Waals surface area contributed by atoms with Crippen LogP contribution in [-0.4, -0.2) is 35.8 Å². The number of thioether (sulfide) groups is 1. The number of carbonyl (C=O) groups is 2. The van der Waals surface area contributed by atoms with Gasteiger partial charge in [-0.2, -0.15) is 0 Å². The monoisotopic (exact) mass is 386 g/mol. The van der Waals surface area contributed by atoms with E-state index in [-0.39, 0.29) is 18.3 Å². The Morgan fingerprint density at radius 3 is 2.65 bits per heavy atom. The van der Waals surface area contributed by atoms with E-state index in [1.54, 1.807) is 0 Å². The zero-order valence-electron chi connectivity index (χ0n) is 14.0. The van der Waals surface area contributed by atoms with Crippen LogP contribution in [0.25, 0.3) is 10.2 Å². The number of carbonyl (C=O) groups excluding carboxylic acids is 2. The second-order valence-electron chi connectivity index (χ2n) is 5.48. The van der Waals surface area contributed by atoms with Crippen LogP contribution >= 0.6 is 23.1 Å². The third-order valence-electron chi connectivity index (χ3n) is 3.53. The number of nitrogens with one attached hydrogen (secondary N) is 1. The molecule has 1 amide bonds. The molecule has 0 unspecified atom stereocenters. The summed E-state index contributed by atoms with van der Waals surface area (Å²) in [5.74, 6) is -0.580. The molecule has 1 heterocycles. The minimum absolute atomic E-state index is 0.136. The van der Waals surface area contributed by atoms with Gasteiger partial charge in [-0.05, 0) is 24.1 Å². The van der Waals surface area contributed by atoms with Crippen molar-refractivity contribution in [1.82, 2.24) is 10.3 Å². The van der Waals surface area contributed by atoms with Crippen molar-refractivity contribution in [2.45, 2.75) is 10.8 Å². The summed E-state index contributed by atoms with van der Waals surface area (Å²) in [6, 6.07) is 17.7. The van der Waals surface area contributed by atoms with Crippen molar-refractivity contribution in [3.63, 3.8) is 0 Å². The Morgan fingerprint density at radius 2 is 1.85 bits per heavy atom. The van der Waals surface area contributed by atoms with E-state index in [1.807, 2.05) is 54.6 Å². The molecule has 0 saturated heterocycles. The first-order chi connectivity index (χ1) is 12.7. The van der Waals surface area contributed by atoms with Gasteiger partial charge in [0.2, 0.25) is 0 Å². The molecule has 0 aliphatic rings. The number of fused-ring (bicyclic) bond motifs is 1. The number of nitrogens with zero attached hydrogens (tertiary/aromatic N) is 1. The molecular formula is C19H18N2O3S2. The summed E-state index contributed by atoms with van der Waals surface area (Å²) in [6.07, 6.45) is 0.744. The second-order valence-corrected chi connectivity index (χ2v) is 7.74. The molecule has 0 spiro atoms. The van der Waals surface area contributed by atoms with Gasteiger partial charge < -0.3 is 10.1 Å². The van der Waals surface area contributed by atoms with Crippen LogP contribution in [0.5, 0.6) is 0 Å². The molecule has 134 valence electrons. The molecule has 0 bridgehead atoms. The van der Waals surface area contributed by atoms with Crippen molar-refractivity contribution >= 4 is 45.2 Å². The van der Waals surface area contributed by atoms with Crippen molar-refractivity contribution in [3.05, 3.63) is 60.2 Å². The molecule has 0 radical (unpaired) electrons. The summed E-state index contributed by atoms with van der Waals surface area (Å²) in [4.78, 5) is 28.0. The number of esters is 1. The maximum absolute atomic E-state index is 11.8. The number of thiazole rings is 1. The molecule has 0 atom stereocenters. The molecule has 7 heteroatoms. The molecule has 26 heavy (non-hydrogen) atoms. The average molecular weight is 386 g/mol. The number of rotatable bonds is 8. The van der Waals surface area contributed by atoms with Crippen LogP contribution in [0.2, 0.25) is 0 Å². The zero-order valence-corrected chi connectivity index (χ0v) is 15.6. The number of hydrogen-bond donors (Lipinski definition) is 1. The van der Waals surface area contributed by atoms with Gasteiger partial charge in [-0.15, -0.1) is 11.3 Å². The number of amides is 1. The topological polar surface area (TPSA) is 68.3 Å². The highest BCUT2D eigenvalue weighted by Gasteiger charge is 2.10. The Balaban J connectivity index is 1.33. The van der Waals surface area contributed by atoms with E-state index in [2.05, 4.69) is 10.3 Å². The van der Waals surface area contributed by atoms with Crippen LogP contribution in [0.1, 0.15) is 5.56 Å². The SMILES string of the molecule is O=C(COC(=O)CSc1nc2ccccc2s1)NCCc1ccccc1. The van der Waals surface area contributed by atoms with Crippen LogP contribution in [0.15, 0.2) is 58.9 Å². The zero-order chi connectivity index (χ0) is 18.2. The fourth-order valence-corrected chi connectivity index (χ4v) is 4.13. The van der Waals surface area contributed by atoms with E-state index < -0.39 is 5.97 Å². The summed E-state index contributed by atoms with van der Waals surface area (Å²) < 4.78 is 6.91. The van der Waals surface area contributed by atoms with E-state index in [4.69, 9.17) is 4.74 Å². The van der Waals surface area contributed by atoms with Gasteiger partial charge in [0.15, 0.2) is 10.9 Å². The minimum atomic E-state index is -0.424. The molecule has 0 aliphatic heterocycles. The Labute approximate surface area is 159 Å². The Hall–Kier alpha value is -2.38. The smallest absolute Gasteiger partial charge is 0.316 e. The molecule has 0 fully saturated rings. The fourth-order valence-electron chi connectivity index (χ4n) is 2.26. The first-order valence-electron chi connectivity index (χ1n) is 8.15. The standard InChI is InChI=1S/C19H18N2O3S2/c22-17(20-11-10-14-6-2-1-3-7-14)12-24-18(23)13-25-19-21-15-8-4-5-9-16(15)26-19/h1-9H,10-13H2,(H,20,22). The Morgan fingerprint density at radius 1 is 1.08 bits per heavy atom. The first-order valence-corrected chi connectivity index (χ1v) is 9.95. The predicted molar refractivity (Wildman–Crippen MR) is 104 cm³/mol. The lowest BCUT2D eigenvalue weighted by Gasteiger charge is -2.06. The number of ether oxygens (including phenoxy) is 1. The van der Waals surface area contributed by atoms with Gasteiger partial charge in [0.25, 0.3) is 5.91 Å². The predicted octanol–water partition coefficient (Wildman–Crippen LogP) is 3.29. The van der Waals surface area contributed by atoms with Crippen molar-refractivity contribution in [1.29, 1.82) is 0 Å². The normalized spacial score (nSPS) is 10.6. The van der Waals surface area contributed by atoms with E-state index >= 15 is 0 Å². The van der Waals surface area contributed by atoms with Gasteiger partial charge in [-0.25, -0.2) is 4.98 Å². The van der Waals surface area contributed by atoms with E-state index in [0.717, 1.165) is 26.5 Å². The molecule has 3 rings (SSSR count). The average Bonchev–Trinajstić information content (AvgIpc) is 3.08. The van der Waals surface area contributed by atoms with Gasteiger partial charge in [0.1, 0.15) is 0 Å². The first kappa shape index (κ1) is 18.4. The molecule has 2 aromatic carbocycles. The quantitative estimate of drug-likeness (QED) is 0.475. The van der Waals surface area contributed by atoms with Crippen LogP contribution < -0.4 is 5.32 Å². The highest BCUT2D eigenvalue weighted by Crippen LogP contribution is 2.29. The fraction of sp³-hybridized carbons (Fsp3) is 0.211. The molecule has 0 aliphatic carbocycles. The van der Waals surface area contributed by atoms with Crippen molar-refractivity contribution in [2.75, 3.05) is 18.9 Å².